The molecule has 1 aliphatic heterocycles. The highest BCUT2D eigenvalue weighted by atomic mass is 35.5. The normalized spacial score (nSPS) is 16.6. The van der Waals surface area contributed by atoms with Crippen LogP contribution in [0.4, 0.5) is 0 Å². The molecule has 3 rings (SSSR count). The minimum Gasteiger partial charge on any atom is -0.478 e. The predicted octanol–water partition coefficient (Wildman–Crippen LogP) is 4.76. The van der Waals surface area contributed by atoms with E-state index in [1.54, 1.807) is 26.0 Å². The summed E-state index contributed by atoms with van der Waals surface area (Å²) in [6.45, 7) is 8.38. The van der Waals surface area contributed by atoms with Crippen molar-refractivity contribution in [3.05, 3.63) is 63.7 Å². The van der Waals surface area contributed by atoms with Crippen molar-refractivity contribution >= 4 is 23.5 Å². The zero-order valence-electron chi connectivity index (χ0n) is 17.9. The molecule has 0 aliphatic carbocycles. The number of rotatable bonds is 6. The number of likely N-dealkylation sites (tertiary alicyclic amines) is 1. The van der Waals surface area contributed by atoms with Crippen LogP contribution in [0.2, 0.25) is 5.02 Å². The zero-order chi connectivity index (χ0) is 22.1. The fourth-order valence-electron chi connectivity index (χ4n) is 3.83. The number of hydrogen-bond donors (Lipinski definition) is 1. The average Bonchev–Trinajstić information content (AvgIpc) is 3.16. The van der Waals surface area contributed by atoms with Crippen molar-refractivity contribution in [3.8, 4) is 5.75 Å². The molecule has 1 unspecified atom stereocenters. The molecular weight excluding hydrogens is 402 g/mol. The zero-order valence-corrected chi connectivity index (χ0v) is 18.6. The van der Waals surface area contributed by atoms with Gasteiger partial charge in [0.2, 0.25) is 5.91 Å². The second-order valence-corrected chi connectivity index (χ2v) is 8.97. The number of carboxylic acids is 1. The third kappa shape index (κ3) is 4.96. The lowest BCUT2D eigenvalue weighted by molar-refractivity contribution is -0.152. The summed E-state index contributed by atoms with van der Waals surface area (Å²) in [4.78, 5) is 26.0. The van der Waals surface area contributed by atoms with E-state index < -0.39 is 11.6 Å². The molecule has 0 spiro atoms. The molecule has 0 bridgehead atoms. The highest BCUT2D eigenvalue weighted by Gasteiger charge is 2.32. The van der Waals surface area contributed by atoms with Gasteiger partial charge in [0.1, 0.15) is 5.75 Å². The topological polar surface area (TPSA) is 66.8 Å². The van der Waals surface area contributed by atoms with Gasteiger partial charge in [0.15, 0.2) is 5.60 Å². The van der Waals surface area contributed by atoms with E-state index in [2.05, 4.69) is 12.1 Å². The minimum atomic E-state index is -1.30. The lowest BCUT2D eigenvalue weighted by atomic mass is 9.94. The lowest BCUT2D eigenvalue weighted by Crippen LogP contribution is -2.38. The van der Waals surface area contributed by atoms with Crippen molar-refractivity contribution in [2.75, 3.05) is 13.1 Å². The highest BCUT2D eigenvalue weighted by molar-refractivity contribution is 6.30. The molecule has 1 saturated heterocycles. The molecule has 1 N–H and O–H groups in total. The summed E-state index contributed by atoms with van der Waals surface area (Å²) in [5, 5.41) is 10.0. The molecule has 0 radical (unpaired) electrons. The van der Waals surface area contributed by atoms with Crippen LogP contribution >= 0.6 is 11.6 Å². The predicted molar refractivity (Wildman–Crippen MR) is 117 cm³/mol. The SMILES string of the molecule is Cc1cc(C2CCN(C(=O)Cc3ccc(Cl)cc3)C2)cc(C)c1OC(C)(C)C(=O)O. The molecule has 1 amide bonds. The van der Waals surface area contributed by atoms with Crippen molar-refractivity contribution in [1.82, 2.24) is 4.90 Å². The van der Waals surface area contributed by atoms with Crippen LogP contribution in [-0.4, -0.2) is 40.6 Å². The highest BCUT2D eigenvalue weighted by Crippen LogP contribution is 2.34. The first-order valence-corrected chi connectivity index (χ1v) is 10.5. The van der Waals surface area contributed by atoms with Crippen molar-refractivity contribution in [2.45, 2.75) is 52.1 Å². The van der Waals surface area contributed by atoms with E-state index in [9.17, 15) is 14.7 Å². The van der Waals surface area contributed by atoms with Gasteiger partial charge in [0.05, 0.1) is 6.42 Å². The number of aryl methyl sites for hydroxylation is 2. The number of halogens is 1. The Hall–Kier alpha value is -2.53. The Balaban J connectivity index is 1.69. The Morgan fingerprint density at radius 3 is 2.33 bits per heavy atom. The number of benzene rings is 2. The van der Waals surface area contributed by atoms with Crippen LogP contribution in [0.25, 0.3) is 0 Å². The molecule has 30 heavy (non-hydrogen) atoms. The molecule has 2 aromatic carbocycles. The summed E-state index contributed by atoms with van der Waals surface area (Å²) >= 11 is 5.92. The number of nitrogens with zero attached hydrogens (tertiary/aromatic N) is 1. The molecule has 6 heteroatoms. The van der Waals surface area contributed by atoms with Crippen molar-refractivity contribution in [2.24, 2.45) is 0 Å². The molecule has 1 fully saturated rings. The first kappa shape index (κ1) is 22.2. The summed E-state index contributed by atoms with van der Waals surface area (Å²) in [5.41, 5.74) is 2.64. The molecule has 5 nitrogen and oxygen atoms in total. The number of carbonyl (C=O) groups excluding carboxylic acids is 1. The number of hydrogen-bond acceptors (Lipinski definition) is 3. The van der Waals surface area contributed by atoms with Gasteiger partial charge in [-0.15, -0.1) is 0 Å². The van der Waals surface area contributed by atoms with Gasteiger partial charge in [-0.3, -0.25) is 4.79 Å². The maximum Gasteiger partial charge on any atom is 0.347 e. The fraction of sp³-hybridized carbons (Fsp3) is 0.417. The molecular formula is C24H28ClNO4. The summed E-state index contributed by atoms with van der Waals surface area (Å²) in [5.74, 6) is -0.00893. The summed E-state index contributed by atoms with van der Waals surface area (Å²) in [7, 11) is 0. The van der Waals surface area contributed by atoms with Crippen LogP contribution in [0.1, 0.15) is 48.4 Å². The molecule has 2 aromatic rings. The largest absolute Gasteiger partial charge is 0.478 e. The molecule has 1 atom stereocenters. The van der Waals surface area contributed by atoms with E-state index in [1.165, 1.54) is 0 Å². The van der Waals surface area contributed by atoms with Gasteiger partial charge in [-0.1, -0.05) is 35.9 Å². The maximum absolute atomic E-state index is 12.7. The molecule has 0 saturated carbocycles. The van der Waals surface area contributed by atoms with Gasteiger partial charge in [0, 0.05) is 24.0 Å². The van der Waals surface area contributed by atoms with Gasteiger partial charge in [-0.05, 0) is 68.5 Å². The van der Waals surface area contributed by atoms with Crippen LogP contribution in [0.15, 0.2) is 36.4 Å². The number of amides is 1. The van der Waals surface area contributed by atoms with E-state index in [4.69, 9.17) is 16.3 Å². The van der Waals surface area contributed by atoms with Crippen molar-refractivity contribution < 1.29 is 19.4 Å². The minimum absolute atomic E-state index is 0.122. The van der Waals surface area contributed by atoms with Gasteiger partial charge in [-0.25, -0.2) is 4.79 Å². The lowest BCUT2D eigenvalue weighted by Gasteiger charge is -2.25. The monoisotopic (exact) mass is 429 g/mol. The van der Waals surface area contributed by atoms with Gasteiger partial charge >= 0.3 is 5.97 Å². The standard InChI is InChI=1S/C24H28ClNO4/c1-15-11-19(12-16(2)22(15)30-24(3,4)23(28)29)18-9-10-26(14-18)21(27)13-17-5-7-20(25)8-6-17/h5-8,11-12,18H,9-10,13-14H2,1-4H3,(H,28,29). The van der Waals surface area contributed by atoms with Crippen LogP contribution < -0.4 is 4.74 Å². The maximum atomic E-state index is 12.7. The van der Waals surface area contributed by atoms with E-state index >= 15 is 0 Å². The van der Waals surface area contributed by atoms with Crippen molar-refractivity contribution in [3.63, 3.8) is 0 Å². The number of aliphatic carboxylic acids is 1. The van der Waals surface area contributed by atoms with Crippen LogP contribution in [0.5, 0.6) is 5.75 Å². The van der Waals surface area contributed by atoms with Gasteiger partial charge in [0.25, 0.3) is 0 Å². The first-order chi connectivity index (χ1) is 14.1. The summed E-state index contributed by atoms with van der Waals surface area (Å²) < 4.78 is 5.80. The third-order valence-electron chi connectivity index (χ3n) is 5.64. The summed E-state index contributed by atoms with van der Waals surface area (Å²) in [6.07, 6.45) is 1.28. The first-order valence-electron chi connectivity index (χ1n) is 10.1. The van der Waals surface area contributed by atoms with Crippen LogP contribution in [0.3, 0.4) is 0 Å². The van der Waals surface area contributed by atoms with E-state index in [-0.39, 0.29) is 11.8 Å². The Bertz CT molecular complexity index is 929. The number of ether oxygens (including phenoxy) is 1. The number of carboxylic acid groups (broad SMARTS) is 1. The summed E-state index contributed by atoms with van der Waals surface area (Å²) in [6, 6.07) is 11.5. The molecule has 1 heterocycles. The van der Waals surface area contributed by atoms with E-state index in [0.29, 0.717) is 23.7 Å². The smallest absolute Gasteiger partial charge is 0.347 e. The van der Waals surface area contributed by atoms with E-state index in [1.807, 2.05) is 30.9 Å². The van der Waals surface area contributed by atoms with E-state index in [0.717, 1.165) is 35.2 Å². The molecule has 0 aromatic heterocycles. The quantitative estimate of drug-likeness (QED) is 0.719. The Labute approximate surface area is 182 Å². The Morgan fingerprint density at radius 1 is 1.17 bits per heavy atom. The van der Waals surface area contributed by atoms with Crippen LogP contribution in [0, 0.1) is 13.8 Å². The molecule has 1 aliphatic rings. The third-order valence-corrected chi connectivity index (χ3v) is 5.89. The second kappa shape index (κ2) is 8.68. The van der Waals surface area contributed by atoms with Crippen molar-refractivity contribution in [1.29, 1.82) is 0 Å². The Kier molecular flexibility index (Phi) is 6.41. The average molecular weight is 430 g/mol. The van der Waals surface area contributed by atoms with Gasteiger partial charge in [-0.2, -0.15) is 0 Å². The second-order valence-electron chi connectivity index (χ2n) is 8.53. The fourth-order valence-corrected chi connectivity index (χ4v) is 3.95. The van der Waals surface area contributed by atoms with Gasteiger partial charge < -0.3 is 14.7 Å². The Morgan fingerprint density at radius 2 is 1.77 bits per heavy atom. The van der Waals surface area contributed by atoms with Crippen LogP contribution in [-0.2, 0) is 16.0 Å². The number of carbonyl (C=O) groups is 2. The molecule has 160 valence electrons.